The van der Waals surface area contributed by atoms with Crippen LogP contribution in [0, 0.1) is 0 Å². The van der Waals surface area contributed by atoms with Crippen LogP contribution in [0.5, 0.6) is 0 Å². The lowest BCUT2D eigenvalue weighted by Crippen LogP contribution is -2.30. The Labute approximate surface area is 77.9 Å². The van der Waals surface area contributed by atoms with Crippen molar-refractivity contribution in [2.75, 3.05) is 20.1 Å². The van der Waals surface area contributed by atoms with Crippen molar-refractivity contribution in [2.45, 2.75) is 26.3 Å². The van der Waals surface area contributed by atoms with Crippen LogP contribution in [-0.4, -0.2) is 31.1 Å². The zero-order valence-electron chi connectivity index (χ0n) is 7.02. The summed E-state index contributed by atoms with van der Waals surface area (Å²) in [7, 11) is 2.16. The predicted molar refractivity (Wildman–Crippen MR) is 54.4 cm³/mol. The highest BCUT2D eigenvalue weighted by atomic mass is 127. The summed E-state index contributed by atoms with van der Waals surface area (Å²) >= 11 is 2.19. The van der Waals surface area contributed by atoms with Crippen molar-refractivity contribution in [1.29, 1.82) is 0 Å². The van der Waals surface area contributed by atoms with Gasteiger partial charge in [0.05, 0.1) is 0 Å². The van der Waals surface area contributed by atoms with Gasteiger partial charge in [0, 0.05) is 35.5 Å². The molecule has 0 aliphatic rings. The van der Waals surface area contributed by atoms with Crippen molar-refractivity contribution in [2.24, 2.45) is 0 Å². The molecule has 0 saturated carbocycles. The normalized spacial score (nSPS) is 14.1. The van der Waals surface area contributed by atoms with Crippen LogP contribution in [0.3, 0.4) is 0 Å². The monoisotopic (exact) mass is 256 g/mol. The molecule has 0 aliphatic carbocycles. The van der Waals surface area contributed by atoms with Crippen LogP contribution in [0.1, 0.15) is 20.3 Å². The van der Waals surface area contributed by atoms with E-state index in [-0.39, 0.29) is 0 Å². The third-order valence-electron chi connectivity index (χ3n) is 1.91. The van der Waals surface area contributed by atoms with E-state index in [0.29, 0.717) is 6.04 Å². The van der Waals surface area contributed by atoms with Gasteiger partial charge in [-0.2, -0.15) is 0 Å². The number of rotatable bonds is 5. The van der Waals surface area contributed by atoms with Gasteiger partial charge >= 0.3 is 0 Å². The van der Waals surface area contributed by atoms with E-state index in [0.717, 1.165) is 13.1 Å². The lowest BCUT2D eigenvalue weighted by Gasteiger charge is -2.22. The molecule has 0 aromatic carbocycles. The van der Waals surface area contributed by atoms with Crippen LogP contribution in [0.4, 0.5) is 0 Å². The van der Waals surface area contributed by atoms with Gasteiger partial charge in [0.15, 0.2) is 0 Å². The Morgan fingerprint density at radius 3 is 2.60 bits per heavy atom. The molecular weight excluding hydrogens is 239 g/mol. The summed E-state index contributed by atoms with van der Waals surface area (Å²) in [6, 6.07) is 0.701. The fourth-order valence-corrected chi connectivity index (χ4v) is 1.11. The molecule has 1 N–H and O–H groups in total. The van der Waals surface area contributed by atoms with Crippen molar-refractivity contribution in [3.05, 3.63) is 0 Å². The van der Waals surface area contributed by atoms with Crippen LogP contribution in [0.2, 0.25) is 0 Å². The van der Waals surface area contributed by atoms with Gasteiger partial charge < -0.3 is 4.90 Å². The number of nitrogens with zero attached hydrogens (tertiary/aromatic N) is 1. The lowest BCUT2D eigenvalue weighted by atomic mass is 10.2. The minimum Gasteiger partial charge on any atom is -0.304 e. The van der Waals surface area contributed by atoms with E-state index in [1.54, 1.807) is 0 Å². The third-order valence-corrected chi connectivity index (χ3v) is 2.45. The molecule has 3 heteroatoms. The highest BCUT2D eigenvalue weighted by Crippen LogP contribution is 1.98. The maximum atomic E-state index is 3.12. The van der Waals surface area contributed by atoms with Crippen molar-refractivity contribution < 1.29 is 0 Å². The molecule has 62 valence electrons. The molecular formula is C7H17IN2. The Morgan fingerprint density at radius 2 is 2.20 bits per heavy atom. The summed E-state index contributed by atoms with van der Waals surface area (Å²) in [4.78, 5) is 2.36. The minimum atomic E-state index is 0.701. The molecule has 2 nitrogen and oxygen atoms in total. The molecule has 0 saturated heterocycles. The summed E-state index contributed by atoms with van der Waals surface area (Å²) in [5.41, 5.74) is 0. The fourth-order valence-electron chi connectivity index (χ4n) is 0.796. The maximum absolute atomic E-state index is 3.12. The number of hydrogen-bond acceptors (Lipinski definition) is 2. The van der Waals surface area contributed by atoms with E-state index in [4.69, 9.17) is 0 Å². The van der Waals surface area contributed by atoms with Crippen LogP contribution in [0.15, 0.2) is 0 Å². The van der Waals surface area contributed by atoms with E-state index < -0.39 is 0 Å². The van der Waals surface area contributed by atoms with Gasteiger partial charge in [0.1, 0.15) is 0 Å². The predicted octanol–water partition coefficient (Wildman–Crippen LogP) is 1.66. The summed E-state index contributed by atoms with van der Waals surface area (Å²) in [5, 5.41) is 0. The first-order valence-electron chi connectivity index (χ1n) is 3.76. The van der Waals surface area contributed by atoms with Gasteiger partial charge in [-0.1, -0.05) is 6.92 Å². The Kier molecular flexibility index (Phi) is 6.78. The van der Waals surface area contributed by atoms with Crippen LogP contribution >= 0.6 is 22.9 Å². The van der Waals surface area contributed by atoms with Crippen molar-refractivity contribution in [3.63, 3.8) is 0 Å². The van der Waals surface area contributed by atoms with Gasteiger partial charge in [-0.3, -0.25) is 3.53 Å². The molecule has 0 fully saturated rings. The molecule has 0 bridgehead atoms. The van der Waals surface area contributed by atoms with Crippen molar-refractivity contribution >= 4 is 22.9 Å². The highest BCUT2D eigenvalue weighted by Gasteiger charge is 2.04. The largest absolute Gasteiger partial charge is 0.304 e. The second-order valence-electron chi connectivity index (χ2n) is 2.59. The summed E-state index contributed by atoms with van der Waals surface area (Å²) in [5.74, 6) is 0. The number of halogens is 1. The van der Waals surface area contributed by atoms with E-state index in [1.165, 1.54) is 6.42 Å². The van der Waals surface area contributed by atoms with Crippen LogP contribution in [-0.2, 0) is 0 Å². The fraction of sp³-hybridized carbons (Fsp3) is 1.00. The minimum absolute atomic E-state index is 0.701. The van der Waals surface area contributed by atoms with Gasteiger partial charge in [-0.05, 0) is 26.9 Å². The van der Waals surface area contributed by atoms with E-state index >= 15 is 0 Å². The molecule has 0 rings (SSSR count). The van der Waals surface area contributed by atoms with Crippen molar-refractivity contribution in [1.82, 2.24) is 8.43 Å². The summed E-state index contributed by atoms with van der Waals surface area (Å²) in [6.07, 6.45) is 1.23. The van der Waals surface area contributed by atoms with E-state index in [9.17, 15) is 0 Å². The first kappa shape index (κ1) is 10.7. The molecule has 0 aromatic rings. The molecule has 0 amide bonds. The molecule has 10 heavy (non-hydrogen) atoms. The van der Waals surface area contributed by atoms with Gasteiger partial charge in [0.2, 0.25) is 0 Å². The molecule has 0 heterocycles. The zero-order valence-corrected chi connectivity index (χ0v) is 9.18. The highest BCUT2D eigenvalue weighted by molar-refractivity contribution is 14.1. The Hall–Kier alpha value is 0.650. The first-order chi connectivity index (χ1) is 4.72. The second-order valence-corrected chi connectivity index (χ2v) is 3.36. The lowest BCUT2D eigenvalue weighted by molar-refractivity contribution is 0.260. The summed E-state index contributed by atoms with van der Waals surface area (Å²) in [6.45, 7) is 6.69. The molecule has 0 aromatic heterocycles. The quantitative estimate of drug-likeness (QED) is 0.594. The molecule has 1 atom stereocenters. The van der Waals surface area contributed by atoms with Crippen molar-refractivity contribution in [3.8, 4) is 0 Å². The Balaban J connectivity index is 3.31. The molecule has 0 spiro atoms. The Bertz CT molecular complexity index is 78.0. The van der Waals surface area contributed by atoms with E-state index in [1.807, 2.05) is 0 Å². The molecule has 1 unspecified atom stereocenters. The van der Waals surface area contributed by atoms with Gasteiger partial charge in [-0.15, -0.1) is 0 Å². The van der Waals surface area contributed by atoms with Gasteiger partial charge in [0.25, 0.3) is 0 Å². The molecule has 0 aliphatic heterocycles. The average molecular weight is 256 g/mol. The second kappa shape index (κ2) is 6.37. The van der Waals surface area contributed by atoms with Crippen LogP contribution in [0.25, 0.3) is 0 Å². The molecule has 0 radical (unpaired) electrons. The number of nitrogens with one attached hydrogen (secondary N) is 1. The Morgan fingerprint density at radius 1 is 1.60 bits per heavy atom. The SMILES string of the molecule is CCN(C)C(C)CCNI. The van der Waals surface area contributed by atoms with Crippen LogP contribution < -0.4 is 3.53 Å². The van der Waals surface area contributed by atoms with E-state index in [2.05, 4.69) is 52.2 Å². The average Bonchev–Trinajstić information content (AvgIpc) is 1.98. The smallest absolute Gasteiger partial charge is 0.0169 e. The number of hydrogen-bond donors (Lipinski definition) is 1. The van der Waals surface area contributed by atoms with Gasteiger partial charge in [-0.25, -0.2) is 0 Å². The maximum Gasteiger partial charge on any atom is 0.0169 e. The zero-order chi connectivity index (χ0) is 7.98. The standard InChI is InChI=1S/C7H17IN2/c1-4-10(3)7(2)5-6-9-8/h7,9H,4-6H2,1-3H3. The first-order valence-corrected chi connectivity index (χ1v) is 4.84. The third kappa shape index (κ3) is 4.46. The topological polar surface area (TPSA) is 15.3 Å². The summed E-state index contributed by atoms with van der Waals surface area (Å²) < 4.78 is 3.12.